The molecule has 0 bridgehead atoms. The molecule has 26 heavy (non-hydrogen) atoms. The van der Waals surface area contributed by atoms with Crippen molar-refractivity contribution in [2.75, 3.05) is 6.54 Å². The summed E-state index contributed by atoms with van der Waals surface area (Å²) < 4.78 is 15.8. The van der Waals surface area contributed by atoms with Gasteiger partial charge in [0, 0.05) is 13.1 Å². The minimum absolute atomic E-state index is 0.202. The summed E-state index contributed by atoms with van der Waals surface area (Å²) in [5.74, 6) is -0.112. The van der Waals surface area contributed by atoms with Crippen LogP contribution in [0.2, 0.25) is 5.02 Å². The molecule has 3 aromatic rings. The summed E-state index contributed by atoms with van der Waals surface area (Å²) in [6.45, 7) is 0.922. The number of carbonyl (C=O) groups is 1. The quantitative estimate of drug-likeness (QED) is 0.694. The number of aromatic nitrogens is 3. The lowest BCUT2D eigenvalue weighted by atomic mass is 10.2. The van der Waals surface area contributed by atoms with Gasteiger partial charge in [0.05, 0.1) is 22.8 Å². The van der Waals surface area contributed by atoms with Gasteiger partial charge in [0.1, 0.15) is 5.82 Å². The summed E-state index contributed by atoms with van der Waals surface area (Å²) in [6.07, 6.45) is 0. The lowest BCUT2D eigenvalue weighted by Gasteiger charge is -2.27. The maximum Gasteiger partial charge on any atom is 0.350 e. The second kappa shape index (κ2) is 6.42. The smallest absolute Gasteiger partial charge is 0.329 e. The first-order valence-electron chi connectivity index (χ1n) is 8.03. The molecule has 132 valence electrons. The van der Waals surface area contributed by atoms with E-state index >= 15 is 0 Å². The molecule has 1 aromatic heterocycles. The molecule has 1 aliphatic heterocycles. The maximum absolute atomic E-state index is 13.1. The third-order valence-electron chi connectivity index (χ3n) is 4.33. The van der Waals surface area contributed by atoms with Crippen molar-refractivity contribution in [3.05, 3.63) is 81.2 Å². The van der Waals surface area contributed by atoms with Crippen molar-refractivity contribution in [1.29, 1.82) is 0 Å². The van der Waals surface area contributed by atoms with Crippen molar-refractivity contribution in [3.63, 3.8) is 0 Å². The lowest BCUT2D eigenvalue weighted by molar-refractivity contribution is 0.0706. The van der Waals surface area contributed by atoms with Crippen LogP contribution in [0.25, 0.3) is 5.69 Å². The predicted molar refractivity (Wildman–Crippen MR) is 94.0 cm³/mol. The third kappa shape index (κ3) is 2.80. The van der Waals surface area contributed by atoms with Gasteiger partial charge in [-0.15, -0.1) is 5.10 Å². The molecule has 0 unspecified atom stereocenters. The van der Waals surface area contributed by atoms with E-state index in [9.17, 15) is 14.0 Å². The van der Waals surface area contributed by atoms with Gasteiger partial charge in [-0.25, -0.2) is 9.18 Å². The van der Waals surface area contributed by atoms with Crippen LogP contribution in [0.1, 0.15) is 16.2 Å². The largest absolute Gasteiger partial charge is 0.350 e. The Bertz CT molecular complexity index is 1040. The number of hydrogen-bond acceptors (Lipinski definition) is 3. The molecule has 0 saturated carbocycles. The van der Waals surface area contributed by atoms with Crippen LogP contribution in [0.5, 0.6) is 0 Å². The monoisotopic (exact) mass is 372 g/mol. The summed E-state index contributed by atoms with van der Waals surface area (Å²) in [7, 11) is 0. The van der Waals surface area contributed by atoms with Gasteiger partial charge in [-0.1, -0.05) is 23.7 Å². The molecule has 0 N–H and O–H groups in total. The number of halogens is 2. The third-order valence-corrected chi connectivity index (χ3v) is 4.66. The molecular formula is C18H14ClFN4O2. The minimum atomic E-state index is -0.387. The Kier molecular flexibility index (Phi) is 4.08. The Balaban J connectivity index is 1.65. The second-order valence-electron chi connectivity index (χ2n) is 5.95. The van der Waals surface area contributed by atoms with Gasteiger partial charge in [0.25, 0.3) is 5.91 Å². The van der Waals surface area contributed by atoms with Gasteiger partial charge >= 0.3 is 5.69 Å². The average Bonchev–Trinajstić information content (AvgIpc) is 2.98. The van der Waals surface area contributed by atoms with Crippen LogP contribution in [0.3, 0.4) is 0 Å². The zero-order valence-electron chi connectivity index (χ0n) is 13.6. The van der Waals surface area contributed by atoms with Gasteiger partial charge in [0.2, 0.25) is 0 Å². The number of carbonyl (C=O) groups excluding carboxylic acids is 1. The first-order valence-corrected chi connectivity index (χ1v) is 8.41. The molecular weight excluding hydrogens is 359 g/mol. The Morgan fingerprint density at radius 3 is 2.54 bits per heavy atom. The standard InChI is InChI=1S/C18H14ClFN4O2/c19-15-4-2-1-3-14(15)17(25)22-9-10-23-16(11-22)21-24(18(23)26)13-7-5-12(20)6-8-13/h1-8H,9-11H2. The van der Waals surface area contributed by atoms with E-state index in [-0.39, 0.29) is 24.0 Å². The molecule has 0 fully saturated rings. The van der Waals surface area contributed by atoms with Crippen LogP contribution in [-0.4, -0.2) is 31.7 Å². The molecule has 0 aliphatic carbocycles. The zero-order valence-corrected chi connectivity index (χ0v) is 14.4. The Morgan fingerprint density at radius 1 is 1.08 bits per heavy atom. The van der Waals surface area contributed by atoms with E-state index in [1.165, 1.54) is 33.5 Å². The molecule has 8 heteroatoms. The first kappa shape index (κ1) is 16.5. The van der Waals surface area contributed by atoms with Crippen molar-refractivity contribution in [2.45, 2.75) is 13.1 Å². The highest BCUT2D eigenvalue weighted by molar-refractivity contribution is 6.33. The van der Waals surface area contributed by atoms with Gasteiger partial charge in [-0.3, -0.25) is 9.36 Å². The Labute approximate surface area is 153 Å². The first-order chi connectivity index (χ1) is 12.5. The van der Waals surface area contributed by atoms with E-state index in [4.69, 9.17) is 11.6 Å². The number of benzene rings is 2. The number of hydrogen-bond donors (Lipinski definition) is 0. The van der Waals surface area contributed by atoms with Gasteiger partial charge in [-0.05, 0) is 36.4 Å². The van der Waals surface area contributed by atoms with E-state index in [0.29, 0.717) is 35.2 Å². The van der Waals surface area contributed by atoms with Gasteiger partial charge in [0.15, 0.2) is 5.82 Å². The SMILES string of the molecule is O=C(c1ccccc1Cl)N1CCn2c(nn(-c3ccc(F)cc3)c2=O)C1. The van der Waals surface area contributed by atoms with Crippen LogP contribution in [-0.2, 0) is 13.1 Å². The molecule has 1 aliphatic rings. The highest BCUT2D eigenvalue weighted by atomic mass is 35.5. The van der Waals surface area contributed by atoms with Crippen LogP contribution < -0.4 is 5.69 Å². The van der Waals surface area contributed by atoms with Crippen molar-refractivity contribution < 1.29 is 9.18 Å². The van der Waals surface area contributed by atoms with Crippen LogP contribution in [0.15, 0.2) is 53.3 Å². The average molecular weight is 373 g/mol. The number of nitrogens with zero attached hydrogens (tertiary/aromatic N) is 4. The van der Waals surface area contributed by atoms with Crippen molar-refractivity contribution >= 4 is 17.5 Å². The Hall–Kier alpha value is -2.93. The molecule has 2 heterocycles. The zero-order chi connectivity index (χ0) is 18.3. The fourth-order valence-corrected chi connectivity index (χ4v) is 3.19. The van der Waals surface area contributed by atoms with Gasteiger partial charge < -0.3 is 4.90 Å². The van der Waals surface area contributed by atoms with E-state index in [0.717, 1.165) is 0 Å². The number of rotatable bonds is 2. The lowest BCUT2D eigenvalue weighted by Crippen LogP contribution is -2.41. The van der Waals surface area contributed by atoms with Crippen LogP contribution in [0.4, 0.5) is 4.39 Å². The molecule has 0 saturated heterocycles. The van der Waals surface area contributed by atoms with Crippen molar-refractivity contribution in [1.82, 2.24) is 19.2 Å². The van der Waals surface area contributed by atoms with Crippen molar-refractivity contribution in [2.24, 2.45) is 0 Å². The molecule has 1 amide bonds. The summed E-state index contributed by atoms with van der Waals surface area (Å²) in [5.41, 5.74) is 0.585. The minimum Gasteiger partial charge on any atom is -0.329 e. The molecule has 2 aromatic carbocycles. The topological polar surface area (TPSA) is 60.1 Å². The van der Waals surface area contributed by atoms with Crippen LogP contribution >= 0.6 is 11.6 Å². The fourth-order valence-electron chi connectivity index (χ4n) is 2.98. The predicted octanol–water partition coefficient (Wildman–Crippen LogP) is 2.48. The van der Waals surface area contributed by atoms with Crippen LogP contribution in [0, 0.1) is 5.82 Å². The normalized spacial score (nSPS) is 13.5. The summed E-state index contributed by atoms with van der Waals surface area (Å²) in [5, 5.41) is 4.70. The van der Waals surface area contributed by atoms with E-state index in [1.807, 2.05) is 0 Å². The molecule has 0 atom stereocenters. The summed E-state index contributed by atoms with van der Waals surface area (Å²) >= 11 is 6.11. The Morgan fingerprint density at radius 2 is 1.81 bits per heavy atom. The van der Waals surface area contributed by atoms with E-state index < -0.39 is 0 Å². The van der Waals surface area contributed by atoms with Gasteiger partial charge in [-0.2, -0.15) is 4.68 Å². The highest BCUT2D eigenvalue weighted by Crippen LogP contribution is 2.20. The summed E-state index contributed by atoms with van der Waals surface area (Å²) in [6, 6.07) is 12.4. The van der Waals surface area contributed by atoms with E-state index in [1.54, 1.807) is 29.2 Å². The van der Waals surface area contributed by atoms with Crippen molar-refractivity contribution in [3.8, 4) is 5.69 Å². The molecule has 0 radical (unpaired) electrons. The maximum atomic E-state index is 13.1. The molecule has 4 rings (SSSR count). The fraction of sp³-hybridized carbons (Fsp3) is 0.167. The summed E-state index contributed by atoms with van der Waals surface area (Å²) in [4.78, 5) is 26.9. The molecule has 6 nitrogen and oxygen atoms in total. The van der Waals surface area contributed by atoms with E-state index in [2.05, 4.69) is 5.10 Å². The highest BCUT2D eigenvalue weighted by Gasteiger charge is 2.27. The number of amides is 1. The second-order valence-corrected chi connectivity index (χ2v) is 6.35. The molecule has 0 spiro atoms. The number of fused-ring (bicyclic) bond motifs is 1.